The number of carbonyl (C=O) groups excluding carboxylic acids is 3. The van der Waals surface area contributed by atoms with Crippen LogP contribution in [0.2, 0.25) is 0 Å². The molecule has 0 amide bonds. The van der Waals surface area contributed by atoms with Crippen LogP contribution in [0.25, 0.3) is 0 Å². The van der Waals surface area contributed by atoms with E-state index in [1.54, 1.807) is 6.92 Å². The average Bonchev–Trinajstić information content (AvgIpc) is 2.33. The van der Waals surface area contributed by atoms with Gasteiger partial charge in [0.1, 0.15) is 0 Å². The van der Waals surface area contributed by atoms with Gasteiger partial charge in [0.15, 0.2) is 23.4 Å². The third-order valence-electron chi connectivity index (χ3n) is 3.56. The van der Waals surface area contributed by atoms with Gasteiger partial charge in [-0.1, -0.05) is 13.5 Å². The first-order valence-corrected chi connectivity index (χ1v) is 5.95. The molecular formula is C13H19NO4. The lowest BCUT2D eigenvalue weighted by molar-refractivity contribution is -0.180. The van der Waals surface area contributed by atoms with Gasteiger partial charge in [-0.05, 0) is 27.2 Å². The summed E-state index contributed by atoms with van der Waals surface area (Å²) in [5.41, 5.74) is -1.53. The van der Waals surface area contributed by atoms with Gasteiger partial charge in [-0.15, -0.1) is 0 Å². The van der Waals surface area contributed by atoms with E-state index in [0.717, 1.165) is 5.06 Å². The zero-order valence-corrected chi connectivity index (χ0v) is 11.2. The maximum Gasteiger partial charge on any atom is 0.192 e. The predicted octanol–water partition coefficient (Wildman–Crippen LogP) is 1.15. The second kappa shape index (κ2) is 4.74. The Balaban J connectivity index is 3.19. The number of Topliss-reactive ketones (excluding diaryl/α,β-unsaturated/α-hetero) is 3. The lowest BCUT2D eigenvalue weighted by Gasteiger charge is -2.37. The highest BCUT2D eigenvalue weighted by atomic mass is 16.5. The van der Waals surface area contributed by atoms with Crippen LogP contribution in [-0.4, -0.2) is 39.7 Å². The molecule has 0 aromatic carbocycles. The molecule has 0 bridgehead atoms. The highest BCUT2D eigenvalue weighted by Crippen LogP contribution is 2.32. The molecule has 1 fully saturated rings. The Bertz CT molecular complexity index is 425. The summed E-state index contributed by atoms with van der Waals surface area (Å²) in [5.74, 6) is -1.84. The minimum Gasteiger partial charge on any atom is -0.313 e. The van der Waals surface area contributed by atoms with Crippen LogP contribution >= 0.6 is 0 Å². The lowest BCUT2D eigenvalue weighted by atomic mass is 9.70. The molecule has 1 aliphatic carbocycles. The topological polar surface area (TPSA) is 74.7 Å². The molecule has 0 aromatic rings. The Kier molecular flexibility index (Phi) is 3.88. The summed E-state index contributed by atoms with van der Waals surface area (Å²) < 4.78 is 0. The highest BCUT2D eigenvalue weighted by Gasteiger charge is 2.53. The van der Waals surface area contributed by atoms with Crippen molar-refractivity contribution in [2.75, 3.05) is 0 Å². The SMILES string of the molecule is C=C1C(=O)C(N(O)C(C)CC)C(=O)C(C)(C)C1=O. The fraction of sp³-hybridized carbons (Fsp3) is 0.615. The molecule has 0 spiro atoms. The van der Waals surface area contributed by atoms with Crippen LogP contribution < -0.4 is 0 Å². The van der Waals surface area contributed by atoms with Crippen molar-refractivity contribution >= 4 is 17.3 Å². The van der Waals surface area contributed by atoms with E-state index in [0.29, 0.717) is 6.42 Å². The molecule has 1 rings (SSSR count). The monoisotopic (exact) mass is 253 g/mol. The van der Waals surface area contributed by atoms with Gasteiger partial charge < -0.3 is 5.21 Å². The third-order valence-corrected chi connectivity index (χ3v) is 3.56. The molecule has 100 valence electrons. The first-order valence-electron chi connectivity index (χ1n) is 5.95. The third kappa shape index (κ3) is 2.04. The van der Waals surface area contributed by atoms with Gasteiger partial charge >= 0.3 is 0 Å². The van der Waals surface area contributed by atoms with E-state index in [-0.39, 0.29) is 11.6 Å². The molecule has 5 heteroatoms. The van der Waals surface area contributed by atoms with E-state index in [1.165, 1.54) is 13.8 Å². The summed E-state index contributed by atoms with van der Waals surface area (Å²) in [6.45, 7) is 9.87. The molecule has 5 nitrogen and oxygen atoms in total. The smallest absolute Gasteiger partial charge is 0.192 e. The van der Waals surface area contributed by atoms with Crippen LogP contribution in [0, 0.1) is 5.41 Å². The molecule has 0 aliphatic heterocycles. The van der Waals surface area contributed by atoms with Gasteiger partial charge in [0.25, 0.3) is 0 Å². The largest absolute Gasteiger partial charge is 0.313 e. The van der Waals surface area contributed by atoms with E-state index < -0.39 is 28.8 Å². The van der Waals surface area contributed by atoms with Crippen LogP contribution in [0.1, 0.15) is 34.1 Å². The maximum absolute atomic E-state index is 12.2. The summed E-state index contributed by atoms with van der Waals surface area (Å²) in [6.07, 6.45) is 0.578. The number of hydrogen-bond donors (Lipinski definition) is 1. The average molecular weight is 253 g/mol. The van der Waals surface area contributed by atoms with Crippen molar-refractivity contribution < 1.29 is 19.6 Å². The Labute approximate surface area is 106 Å². The van der Waals surface area contributed by atoms with Crippen LogP contribution in [0.5, 0.6) is 0 Å². The number of carbonyl (C=O) groups is 3. The van der Waals surface area contributed by atoms with Crippen LogP contribution in [-0.2, 0) is 14.4 Å². The van der Waals surface area contributed by atoms with Crippen LogP contribution in [0.4, 0.5) is 0 Å². The second-order valence-corrected chi connectivity index (χ2v) is 5.20. The van der Waals surface area contributed by atoms with Crippen molar-refractivity contribution in [2.24, 2.45) is 5.41 Å². The molecule has 0 saturated heterocycles. The van der Waals surface area contributed by atoms with Crippen molar-refractivity contribution in [1.29, 1.82) is 0 Å². The van der Waals surface area contributed by atoms with Crippen LogP contribution in [0.15, 0.2) is 12.2 Å². The second-order valence-electron chi connectivity index (χ2n) is 5.20. The molecule has 1 saturated carbocycles. The van der Waals surface area contributed by atoms with Gasteiger partial charge in [0, 0.05) is 6.04 Å². The quantitative estimate of drug-likeness (QED) is 0.353. The zero-order chi connectivity index (χ0) is 14.2. The minimum atomic E-state index is -1.32. The predicted molar refractivity (Wildman–Crippen MR) is 65.1 cm³/mol. The molecular weight excluding hydrogens is 234 g/mol. The fourth-order valence-electron chi connectivity index (χ4n) is 1.91. The molecule has 1 aliphatic rings. The summed E-state index contributed by atoms with van der Waals surface area (Å²) in [7, 11) is 0. The van der Waals surface area contributed by atoms with Gasteiger partial charge in [-0.25, -0.2) is 0 Å². The molecule has 2 unspecified atom stereocenters. The molecule has 1 N–H and O–H groups in total. The Morgan fingerprint density at radius 2 is 1.89 bits per heavy atom. The van der Waals surface area contributed by atoms with Gasteiger partial charge in [0.2, 0.25) is 0 Å². The first kappa shape index (κ1) is 14.7. The summed E-state index contributed by atoms with van der Waals surface area (Å²) >= 11 is 0. The minimum absolute atomic E-state index is 0.216. The number of nitrogens with zero attached hydrogens (tertiary/aromatic N) is 1. The summed E-state index contributed by atoms with van der Waals surface area (Å²) in [5, 5.41) is 10.7. The number of ketones is 3. The number of hydrogen-bond acceptors (Lipinski definition) is 5. The molecule has 2 atom stereocenters. The van der Waals surface area contributed by atoms with Crippen LogP contribution in [0.3, 0.4) is 0 Å². The Morgan fingerprint density at radius 1 is 1.39 bits per heavy atom. The number of hydroxylamine groups is 2. The molecule has 0 aromatic heterocycles. The lowest BCUT2D eigenvalue weighted by Crippen LogP contribution is -2.59. The molecule has 0 heterocycles. The van der Waals surface area contributed by atoms with Crippen molar-refractivity contribution in [3.8, 4) is 0 Å². The molecule has 18 heavy (non-hydrogen) atoms. The zero-order valence-electron chi connectivity index (χ0n) is 11.2. The van der Waals surface area contributed by atoms with Crippen molar-refractivity contribution in [2.45, 2.75) is 46.2 Å². The normalized spacial score (nSPS) is 25.8. The van der Waals surface area contributed by atoms with Gasteiger partial charge in [-0.3, -0.25) is 14.4 Å². The van der Waals surface area contributed by atoms with Gasteiger partial charge in [-0.2, -0.15) is 5.06 Å². The number of rotatable bonds is 3. The van der Waals surface area contributed by atoms with Crippen molar-refractivity contribution in [3.63, 3.8) is 0 Å². The highest BCUT2D eigenvalue weighted by molar-refractivity contribution is 6.38. The van der Waals surface area contributed by atoms with Crippen molar-refractivity contribution in [1.82, 2.24) is 5.06 Å². The van der Waals surface area contributed by atoms with E-state index >= 15 is 0 Å². The van der Waals surface area contributed by atoms with E-state index in [4.69, 9.17) is 0 Å². The van der Waals surface area contributed by atoms with Crippen molar-refractivity contribution in [3.05, 3.63) is 12.2 Å². The van der Waals surface area contributed by atoms with E-state index in [9.17, 15) is 19.6 Å². The first-order chi connectivity index (χ1) is 8.16. The standard InChI is InChI=1S/C13H19NO4/c1-6-7(2)14(18)9-10(15)8(3)11(16)13(4,5)12(9)17/h7,9,18H,3,6H2,1-2,4-5H3. The van der Waals surface area contributed by atoms with E-state index in [1.807, 2.05) is 6.92 Å². The van der Waals surface area contributed by atoms with E-state index in [2.05, 4.69) is 6.58 Å². The fourth-order valence-corrected chi connectivity index (χ4v) is 1.91. The summed E-state index contributed by atoms with van der Waals surface area (Å²) in [6, 6.07) is -1.67. The molecule has 0 radical (unpaired) electrons. The van der Waals surface area contributed by atoms with Gasteiger partial charge in [0.05, 0.1) is 11.0 Å². The maximum atomic E-state index is 12.2. The summed E-state index contributed by atoms with van der Waals surface area (Å²) in [4.78, 5) is 36.0. The Morgan fingerprint density at radius 3 is 2.33 bits per heavy atom. The Hall–Kier alpha value is -1.33.